The molecule has 3 aromatic heterocycles. The lowest BCUT2D eigenvalue weighted by Crippen LogP contribution is -2.13. The highest BCUT2D eigenvalue weighted by Gasteiger charge is 2.24. The van der Waals surface area contributed by atoms with E-state index in [1.807, 2.05) is 14.0 Å². The van der Waals surface area contributed by atoms with Gasteiger partial charge in [0.05, 0.1) is 16.8 Å². The summed E-state index contributed by atoms with van der Waals surface area (Å²) < 4.78 is 7.13. The van der Waals surface area contributed by atoms with Crippen LogP contribution in [0.5, 0.6) is 0 Å². The first-order chi connectivity index (χ1) is 10.4. The summed E-state index contributed by atoms with van der Waals surface area (Å²) in [5.74, 6) is 1.31. The second kappa shape index (κ2) is 5.35. The molecule has 8 heteroatoms. The second-order valence-electron chi connectivity index (χ2n) is 6.15. The van der Waals surface area contributed by atoms with Crippen LogP contribution in [0.4, 0.5) is 0 Å². The average Bonchev–Trinajstić information content (AvgIpc) is 3.07. The molecule has 0 bridgehead atoms. The molecule has 0 spiro atoms. The molecule has 0 aliphatic carbocycles. The maximum atomic E-state index is 5.40. The van der Waals surface area contributed by atoms with Crippen molar-refractivity contribution < 1.29 is 4.52 Å². The van der Waals surface area contributed by atoms with Crippen LogP contribution in [0.15, 0.2) is 22.1 Å². The summed E-state index contributed by atoms with van der Waals surface area (Å²) in [4.78, 5) is 13.1. The molecule has 1 unspecified atom stereocenters. The minimum atomic E-state index is -0.127. The van der Waals surface area contributed by atoms with Crippen LogP contribution < -0.4 is 0 Å². The Morgan fingerprint density at radius 1 is 1.27 bits per heavy atom. The quantitative estimate of drug-likeness (QED) is 0.542. The van der Waals surface area contributed by atoms with E-state index in [1.54, 1.807) is 29.0 Å². The van der Waals surface area contributed by atoms with Gasteiger partial charge < -0.3 is 4.52 Å². The van der Waals surface area contributed by atoms with Crippen LogP contribution >= 0.6 is 11.8 Å². The molecule has 1 atom stereocenters. The number of hydrogen-bond acceptors (Lipinski definition) is 7. The van der Waals surface area contributed by atoms with Gasteiger partial charge in [0.25, 0.3) is 0 Å². The second-order valence-corrected chi connectivity index (χ2v) is 7.48. The Morgan fingerprint density at radius 3 is 2.73 bits per heavy atom. The first-order valence-electron chi connectivity index (χ1n) is 6.99. The van der Waals surface area contributed by atoms with Crippen molar-refractivity contribution >= 4 is 22.8 Å². The van der Waals surface area contributed by atoms with Crippen molar-refractivity contribution in [2.75, 3.05) is 0 Å². The van der Waals surface area contributed by atoms with Gasteiger partial charge in [-0.1, -0.05) is 37.7 Å². The molecule has 116 valence electrons. The molecule has 0 amide bonds. The molecular formula is C14H18N6OS. The molecule has 0 aromatic carbocycles. The van der Waals surface area contributed by atoms with Crippen LogP contribution in [0.3, 0.4) is 0 Å². The largest absolute Gasteiger partial charge is 0.338 e. The van der Waals surface area contributed by atoms with Gasteiger partial charge in [0.15, 0.2) is 11.5 Å². The summed E-state index contributed by atoms with van der Waals surface area (Å²) in [5, 5.41) is 10.1. The van der Waals surface area contributed by atoms with Crippen molar-refractivity contribution in [3.63, 3.8) is 0 Å². The van der Waals surface area contributed by atoms with Crippen LogP contribution in [-0.4, -0.2) is 29.9 Å². The van der Waals surface area contributed by atoms with Crippen molar-refractivity contribution in [3.05, 3.63) is 24.2 Å². The smallest absolute Gasteiger partial charge is 0.239 e. The van der Waals surface area contributed by atoms with Crippen LogP contribution in [0, 0.1) is 0 Å². The van der Waals surface area contributed by atoms with Gasteiger partial charge in [-0.3, -0.25) is 4.68 Å². The first kappa shape index (κ1) is 15.0. The molecule has 0 saturated carbocycles. The van der Waals surface area contributed by atoms with Gasteiger partial charge in [-0.2, -0.15) is 10.1 Å². The fourth-order valence-electron chi connectivity index (χ4n) is 1.96. The number of thioether (sulfide) groups is 1. The van der Waals surface area contributed by atoms with Crippen molar-refractivity contribution in [1.29, 1.82) is 0 Å². The first-order valence-corrected chi connectivity index (χ1v) is 7.87. The monoisotopic (exact) mass is 318 g/mol. The molecule has 3 heterocycles. The van der Waals surface area contributed by atoms with Gasteiger partial charge in [0, 0.05) is 12.5 Å². The van der Waals surface area contributed by atoms with E-state index in [-0.39, 0.29) is 10.7 Å². The SMILES string of the molecule is CC(Sc1ncnc2c1cnn2C)c1nc(C(C)(C)C)no1. The molecule has 3 rings (SSSR count). The Kier molecular flexibility index (Phi) is 3.64. The summed E-state index contributed by atoms with van der Waals surface area (Å²) in [5.41, 5.74) is 0.683. The molecule has 0 radical (unpaired) electrons. The topological polar surface area (TPSA) is 82.5 Å². The van der Waals surface area contributed by atoms with Crippen LogP contribution in [0.2, 0.25) is 0 Å². The fourth-order valence-corrected chi connectivity index (χ4v) is 2.87. The predicted molar refractivity (Wildman–Crippen MR) is 83.6 cm³/mol. The Morgan fingerprint density at radius 2 is 2.05 bits per heavy atom. The summed E-state index contributed by atoms with van der Waals surface area (Å²) in [7, 11) is 1.86. The number of fused-ring (bicyclic) bond motifs is 1. The third-order valence-electron chi connectivity index (χ3n) is 3.24. The van der Waals surface area contributed by atoms with Gasteiger partial charge in [0.1, 0.15) is 11.4 Å². The standard InChI is InChI=1S/C14H18N6OS/c1-8(11-18-13(19-21-11)14(2,3)4)22-12-9-6-17-20(5)10(9)15-7-16-12/h6-8H,1-5H3. The van der Waals surface area contributed by atoms with Gasteiger partial charge in [-0.05, 0) is 6.92 Å². The van der Waals surface area contributed by atoms with E-state index in [0.717, 1.165) is 16.1 Å². The zero-order valence-electron chi connectivity index (χ0n) is 13.2. The highest BCUT2D eigenvalue weighted by atomic mass is 32.2. The number of hydrogen-bond donors (Lipinski definition) is 0. The van der Waals surface area contributed by atoms with Crippen LogP contribution in [0.25, 0.3) is 11.0 Å². The van der Waals surface area contributed by atoms with Crippen molar-refractivity contribution in [3.8, 4) is 0 Å². The number of nitrogens with zero attached hydrogens (tertiary/aromatic N) is 6. The summed E-state index contributed by atoms with van der Waals surface area (Å²) in [6.07, 6.45) is 3.33. The third-order valence-corrected chi connectivity index (χ3v) is 4.35. The van der Waals surface area contributed by atoms with Gasteiger partial charge in [0.2, 0.25) is 5.89 Å². The highest BCUT2D eigenvalue weighted by molar-refractivity contribution is 7.99. The fraction of sp³-hybridized carbons (Fsp3) is 0.500. The van der Waals surface area contributed by atoms with Gasteiger partial charge in [-0.25, -0.2) is 9.97 Å². The molecule has 22 heavy (non-hydrogen) atoms. The van der Waals surface area contributed by atoms with E-state index in [1.165, 1.54) is 0 Å². The Balaban J connectivity index is 1.87. The minimum absolute atomic E-state index is 0.00176. The van der Waals surface area contributed by atoms with Gasteiger partial charge >= 0.3 is 0 Å². The van der Waals surface area contributed by atoms with E-state index >= 15 is 0 Å². The number of aromatic nitrogens is 6. The third kappa shape index (κ3) is 2.70. The number of aryl methyl sites for hydroxylation is 1. The molecular weight excluding hydrogens is 300 g/mol. The van der Waals surface area contributed by atoms with Crippen LogP contribution in [0.1, 0.15) is 44.7 Å². The molecule has 0 aliphatic rings. The van der Waals surface area contributed by atoms with E-state index < -0.39 is 0 Å². The zero-order chi connectivity index (χ0) is 15.9. The highest BCUT2D eigenvalue weighted by Crippen LogP contribution is 2.36. The lowest BCUT2D eigenvalue weighted by Gasteiger charge is -2.11. The Labute approximate surface area is 132 Å². The van der Waals surface area contributed by atoms with Gasteiger partial charge in [-0.15, -0.1) is 0 Å². The van der Waals surface area contributed by atoms with Crippen molar-refractivity contribution in [1.82, 2.24) is 29.9 Å². The molecule has 0 fully saturated rings. The molecule has 0 N–H and O–H groups in total. The molecule has 7 nitrogen and oxygen atoms in total. The van der Waals surface area contributed by atoms with Crippen molar-refractivity contribution in [2.24, 2.45) is 7.05 Å². The van der Waals surface area contributed by atoms with E-state index in [4.69, 9.17) is 4.52 Å². The maximum absolute atomic E-state index is 5.40. The zero-order valence-corrected chi connectivity index (χ0v) is 14.0. The van der Waals surface area contributed by atoms with Crippen LogP contribution in [-0.2, 0) is 12.5 Å². The molecule has 0 saturated heterocycles. The summed E-state index contributed by atoms with van der Waals surface area (Å²) >= 11 is 1.56. The van der Waals surface area contributed by atoms with E-state index in [2.05, 4.69) is 46.0 Å². The summed E-state index contributed by atoms with van der Waals surface area (Å²) in [6, 6.07) is 0. The lowest BCUT2D eigenvalue weighted by atomic mass is 9.96. The van der Waals surface area contributed by atoms with Crippen molar-refractivity contribution in [2.45, 2.75) is 43.4 Å². The lowest BCUT2D eigenvalue weighted by molar-refractivity contribution is 0.364. The van der Waals surface area contributed by atoms with E-state index in [9.17, 15) is 0 Å². The average molecular weight is 318 g/mol. The Bertz CT molecular complexity index is 803. The molecule has 3 aromatic rings. The normalized spacial score (nSPS) is 13.7. The Hall–Kier alpha value is -1.96. The summed E-state index contributed by atoms with van der Waals surface area (Å²) in [6.45, 7) is 8.20. The van der Waals surface area contributed by atoms with E-state index in [0.29, 0.717) is 11.7 Å². The maximum Gasteiger partial charge on any atom is 0.239 e. The predicted octanol–water partition coefficient (Wildman–Crippen LogP) is 2.90. The minimum Gasteiger partial charge on any atom is -0.338 e. The number of rotatable bonds is 3. The molecule has 0 aliphatic heterocycles.